The fourth-order valence-electron chi connectivity index (χ4n) is 3.43. The van der Waals surface area contributed by atoms with Gasteiger partial charge in [0.05, 0.1) is 0 Å². The Morgan fingerprint density at radius 1 is 0.833 bits per heavy atom. The summed E-state index contributed by atoms with van der Waals surface area (Å²) in [6.45, 7) is 7.90. The predicted octanol–water partition coefficient (Wildman–Crippen LogP) is 3.79. The average Bonchev–Trinajstić information content (AvgIpc) is 2.61. The summed E-state index contributed by atoms with van der Waals surface area (Å²) in [6, 6.07) is 10.1. The van der Waals surface area contributed by atoms with Crippen molar-refractivity contribution < 1.29 is 15.3 Å². The first-order valence-corrected chi connectivity index (χ1v) is 8.52. The summed E-state index contributed by atoms with van der Waals surface area (Å²) in [7, 11) is 0. The fourth-order valence-corrected chi connectivity index (χ4v) is 3.43. The van der Waals surface area contributed by atoms with Crippen molar-refractivity contribution >= 4 is 0 Å². The number of aliphatic hydroxyl groups is 2. The summed E-state index contributed by atoms with van der Waals surface area (Å²) in [6.07, 6.45) is 0.651. The second kappa shape index (κ2) is 7.82. The number of aromatic hydroxyl groups is 1. The van der Waals surface area contributed by atoms with Crippen LogP contribution in [0.1, 0.15) is 59.1 Å². The van der Waals surface area contributed by atoms with Gasteiger partial charge in [-0.1, -0.05) is 44.2 Å². The van der Waals surface area contributed by atoms with Crippen molar-refractivity contribution in [2.24, 2.45) is 0 Å². The minimum absolute atomic E-state index is 0.0168. The molecule has 0 aliphatic carbocycles. The molecule has 2 unspecified atom stereocenters. The number of phenols is 1. The summed E-state index contributed by atoms with van der Waals surface area (Å²) < 4.78 is 0. The maximum Gasteiger partial charge on any atom is 0.123 e. The third kappa shape index (κ3) is 3.47. The van der Waals surface area contributed by atoms with E-state index in [-0.39, 0.29) is 30.8 Å². The average molecular weight is 328 g/mol. The summed E-state index contributed by atoms with van der Waals surface area (Å²) in [5, 5.41) is 30.3. The van der Waals surface area contributed by atoms with Crippen LogP contribution in [0.5, 0.6) is 5.75 Å². The molecule has 0 bridgehead atoms. The van der Waals surface area contributed by atoms with Crippen LogP contribution in [0.15, 0.2) is 30.3 Å². The van der Waals surface area contributed by atoms with Gasteiger partial charge in [0, 0.05) is 42.6 Å². The van der Waals surface area contributed by atoms with Crippen molar-refractivity contribution in [3.63, 3.8) is 0 Å². The van der Waals surface area contributed by atoms with E-state index in [4.69, 9.17) is 0 Å². The van der Waals surface area contributed by atoms with Gasteiger partial charge in [0.25, 0.3) is 0 Å². The van der Waals surface area contributed by atoms with E-state index in [0.29, 0.717) is 6.42 Å². The Bertz CT molecular complexity index is 692. The Kier molecular flexibility index (Phi) is 6.03. The van der Waals surface area contributed by atoms with Crippen LogP contribution in [-0.4, -0.2) is 28.5 Å². The summed E-state index contributed by atoms with van der Waals surface area (Å²) in [5.41, 5.74) is 5.93. The molecule has 0 saturated carbocycles. The Morgan fingerprint density at radius 2 is 1.38 bits per heavy atom. The molecular formula is C21H28O3. The van der Waals surface area contributed by atoms with Crippen molar-refractivity contribution in [3.05, 3.63) is 63.7 Å². The number of rotatable bonds is 6. The normalized spacial score (nSPS) is 13.8. The van der Waals surface area contributed by atoms with E-state index in [0.717, 1.165) is 33.4 Å². The second-order valence-corrected chi connectivity index (χ2v) is 6.73. The number of aliphatic hydroxyl groups excluding tert-OH is 2. The third-order valence-corrected chi connectivity index (χ3v) is 5.01. The van der Waals surface area contributed by atoms with Crippen molar-refractivity contribution in [2.45, 2.75) is 46.0 Å². The smallest absolute Gasteiger partial charge is 0.123 e. The highest BCUT2D eigenvalue weighted by Crippen LogP contribution is 2.41. The van der Waals surface area contributed by atoms with E-state index in [1.807, 2.05) is 58.0 Å². The quantitative estimate of drug-likeness (QED) is 0.756. The molecule has 2 aromatic carbocycles. The van der Waals surface area contributed by atoms with Crippen LogP contribution < -0.4 is 0 Å². The summed E-state index contributed by atoms with van der Waals surface area (Å²) in [4.78, 5) is 0. The van der Waals surface area contributed by atoms with Gasteiger partial charge in [-0.2, -0.15) is 0 Å². The Labute approximate surface area is 144 Å². The van der Waals surface area contributed by atoms with Crippen LogP contribution in [0.4, 0.5) is 0 Å². The first kappa shape index (κ1) is 18.5. The molecule has 0 fully saturated rings. The van der Waals surface area contributed by atoms with Crippen molar-refractivity contribution in [1.29, 1.82) is 0 Å². The molecule has 3 heteroatoms. The van der Waals surface area contributed by atoms with Gasteiger partial charge in [-0.3, -0.25) is 0 Å². The van der Waals surface area contributed by atoms with E-state index < -0.39 is 0 Å². The van der Waals surface area contributed by atoms with Gasteiger partial charge < -0.3 is 15.3 Å². The van der Waals surface area contributed by atoms with E-state index in [9.17, 15) is 15.3 Å². The van der Waals surface area contributed by atoms with Gasteiger partial charge in [0.1, 0.15) is 5.75 Å². The highest BCUT2D eigenvalue weighted by Gasteiger charge is 2.25. The molecule has 0 spiro atoms. The molecule has 0 radical (unpaired) electrons. The molecule has 0 amide bonds. The largest absolute Gasteiger partial charge is 0.507 e. The van der Waals surface area contributed by atoms with E-state index in [1.54, 1.807) is 0 Å². The summed E-state index contributed by atoms with van der Waals surface area (Å²) >= 11 is 0. The molecule has 3 N–H and O–H groups in total. The first-order chi connectivity index (χ1) is 11.4. The van der Waals surface area contributed by atoms with Crippen LogP contribution in [0, 0.1) is 13.8 Å². The lowest BCUT2D eigenvalue weighted by Gasteiger charge is -2.26. The zero-order valence-electron chi connectivity index (χ0n) is 15.0. The zero-order valence-corrected chi connectivity index (χ0v) is 15.0. The van der Waals surface area contributed by atoms with Crippen molar-refractivity contribution in [2.75, 3.05) is 13.2 Å². The van der Waals surface area contributed by atoms with E-state index in [2.05, 4.69) is 0 Å². The fraction of sp³-hybridized carbons (Fsp3) is 0.429. The first-order valence-electron chi connectivity index (χ1n) is 8.52. The monoisotopic (exact) mass is 328 g/mol. The lowest BCUT2D eigenvalue weighted by Crippen LogP contribution is -2.14. The number of hydrogen-bond acceptors (Lipinski definition) is 3. The Balaban J connectivity index is 2.67. The van der Waals surface area contributed by atoms with Gasteiger partial charge in [-0.15, -0.1) is 0 Å². The summed E-state index contributed by atoms with van der Waals surface area (Å²) in [5.74, 6) is 0.00556. The van der Waals surface area contributed by atoms with Crippen LogP contribution in [-0.2, 0) is 6.42 Å². The zero-order chi connectivity index (χ0) is 17.9. The van der Waals surface area contributed by atoms with E-state index >= 15 is 0 Å². The molecule has 2 aromatic rings. The molecule has 0 saturated heterocycles. The van der Waals surface area contributed by atoms with Gasteiger partial charge in [-0.25, -0.2) is 0 Å². The number of phenolic OH excluding ortho intramolecular Hbond substituents is 1. The molecule has 0 aromatic heterocycles. The second-order valence-electron chi connectivity index (χ2n) is 6.73. The molecule has 2 rings (SSSR count). The molecule has 0 aliphatic heterocycles. The molecule has 0 aliphatic rings. The predicted molar refractivity (Wildman–Crippen MR) is 97.8 cm³/mol. The van der Waals surface area contributed by atoms with Crippen LogP contribution in [0.25, 0.3) is 0 Å². The lowest BCUT2D eigenvalue weighted by molar-refractivity contribution is 0.261. The number of hydrogen-bond donors (Lipinski definition) is 3. The SMILES string of the molecule is Cc1c(C)c(C(C)CO)c(C(C)CO)c(O)c1Cc1ccccc1. The van der Waals surface area contributed by atoms with Crippen molar-refractivity contribution in [1.82, 2.24) is 0 Å². The Morgan fingerprint density at radius 3 is 1.92 bits per heavy atom. The van der Waals surface area contributed by atoms with Crippen LogP contribution in [0.3, 0.4) is 0 Å². The molecule has 3 nitrogen and oxygen atoms in total. The maximum absolute atomic E-state index is 11.0. The van der Waals surface area contributed by atoms with Crippen LogP contribution >= 0.6 is 0 Å². The molecular weight excluding hydrogens is 300 g/mol. The molecule has 130 valence electrons. The molecule has 0 heterocycles. The van der Waals surface area contributed by atoms with E-state index in [1.165, 1.54) is 0 Å². The highest BCUT2D eigenvalue weighted by molar-refractivity contribution is 5.58. The van der Waals surface area contributed by atoms with Crippen LogP contribution in [0.2, 0.25) is 0 Å². The van der Waals surface area contributed by atoms with Gasteiger partial charge >= 0.3 is 0 Å². The highest BCUT2D eigenvalue weighted by atomic mass is 16.3. The van der Waals surface area contributed by atoms with Gasteiger partial charge in [-0.05, 0) is 36.1 Å². The van der Waals surface area contributed by atoms with Crippen molar-refractivity contribution in [3.8, 4) is 5.75 Å². The standard InChI is InChI=1S/C21H28O3/c1-13(11-22)19-16(4)15(3)18(10-17-8-6-5-7-9-17)21(24)20(19)14(2)12-23/h5-9,13-14,22-24H,10-12H2,1-4H3. The maximum atomic E-state index is 11.0. The minimum Gasteiger partial charge on any atom is -0.507 e. The molecule has 2 atom stereocenters. The Hall–Kier alpha value is -1.84. The minimum atomic E-state index is -0.178. The topological polar surface area (TPSA) is 60.7 Å². The molecule has 24 heavy (non-hydrogen) atoms. The third-order valence-electron chi connectivity index (χ3n) is 5.01. The lowest BCUT2D eigenvalue weighted by atomic mass is 9.80. The van der Waals surface area contributed by atoms with Gasteiger partial charge in [0.15, 0.2) is 0 Å². The number of benzene rings is 2. The van der Waals surface area contributed by atoms with Gasteiger partial charge in [0.2, 0.25) is 0 Å².